The Kier molecular flexibility index (Phi) is 1.09. The molecule has 0 spiro atoms. The van der Waals surface area contributed by atoms with E-state index < -0.39 is 11.8 Å². The van der Waals surface area contributed by atoms with Gasteiger partial charge in [-0.1, -0.05) is 50.5 Å². The Morgan fingerprint density at radius 1 is 1.25 bits per heavy atom. The number of hydrogen-bond acceptors (Lipinski definition) is 0. The zero-order chi connectivity index (χ0) is 14.5. The Labute approximate surface area is 84.1 Å². The molecule has 1 aromatic carbocycles. The summed E-state index contributed by atoms with van der Waals surface area (Å²) in [4.78, 5) is 0. The summed E-state index contributed by atoms with van der Waals surface area (Å²) in [5, 5.41) is 0. The van der Waals surface area contributed by atoms with E-state index in [1.165, 1.54) is 6.92 Å². The van der Waals surface area contributed by atoms with Crippen LogP contribution >= 0.6 is 0 Å². The molecule has 0 heterocycles. The summed E-state index contributed by atoms with van der Waals surface area (Å²) in [6.07, 6.45) is -1.93. The van der Waals surface area contributed by atoms with Gasteiger partial charge in [0.05, 0.1) is 5.48 Å². The molecule has 0 N–H and O–H groups in total. The second-order valence-electron chi connectivity index (χ2n) is 3.88. The van der Waals surface area contributed by atoms with Gasteiger partial charge in [-0.05, 0) is 24.3 Å². The van der Waals surface area contributed by atoms with Gasteiger partial charge in [0.15, 0.2) is 0 Å². The van der Waals surface area contributed by atoms with Gasteiger partial charge in [0.1, 0.15) is 0 Å². The van der Waals surface area contributed by atoms with Gasteiger partial charge in [-0.25, -0.2) is 0 Å². The van der Waals surface area contributed by atoms with Crippen LogP contribution in [0.4, 0.5) is 0 Å². The van der Waals surface area contributed by atoms with Crippen LogP contribution in [-0.4, -0.2) is 0 Å². The Morgan fingerprint density at radius 2 is 1.75 bits per heavy atom. The quantitative estimate of drug-likeness (QED) is 0.601. The fraction of sp³-hybridized carbons (Fsp3) is 0.500. The summed E-state index contributed by atoms with van der Waals surface area (Å²) >= 11 is 0. The van der Waals surface area contributed by atoms with Crippen LogP contribution in [0.2, 0.25) is 0 Å². The maximum atomic E-state index is 8.12. The van der Waals surface area contributed by atoms with E-state index in [0.29, 0.717) is 0 Å². The van der Waals surface area contributed by atoms with E-state index >= 15 is 0 Å². The fourth-order valence-corrected chi connectivity index (χ4v) is 0.812. The number of rotatable bonds is 1. The van der Waals surface area contributed by atoms with E-state index in [0.717, 1.165) is 0 Å². The molecule has 0 unspecified atom stereocenters. The predicted octanol–water partition coefficient (Wildman–Crippen LogP) is 3.58. The highest BCUT2D eigenvalue weighted by atomic mass is 14.1. The lowest BCUT2D eigenvalue weighted by atomic mass is 9.88. The Bertz CT molecular complexity index is 455. The average Bonchev–Trinajstić information content (AvgIpc) is 2.22. The summed E-state index contributed by atoms with van der Waals surface area (Å²) in [6, 6.07) is -0.903. The molecule has 0 radical (unpaired) electrons. The first-order valence-corrected chi connectivity index (χ1v) is 4.00. The first kappa shape index (κ1) is 3.95. The van der Waals surface area contributed by atoms with Crippen molar-refractivity contribution in [3.05, 3.63) is 35.3 Å². The summed E-state index contributed by atoms with van der Waals surface area (Å²) in [7, 11) is 0. The first-order valence-electron chi connectivity index (χ1n) is 7.00. The zero-order valence-electron chi connectivity index (χ0n) is 14.0. The van der Waals surface area contributed by atoms with Gasteiger partial charge in [0.25, 0.3) is 0 Å². The molecule has 0 aliphatic carbocycles. The van der Waals surface area contributed by atoms with Crippen LogP contribution in [0.3, 0.4) is 0 Å². The van der Waals surface area contributed by atoms with Gasteiger partial charge in [0, 0.05) is 2.74 Å². The maximum absolute atomic E-state index is 8.12. The smallest absolute Gasteiger partial charge is 0.0599 e. The fourth-order valence-electron chi connectivity index (χ4n) is 0.812. The third-order valence-electron chi connectivity index (χ3n) is 1.25. The van der Waals surface area contributed by atoms with Crippen LogP contribution in [0.1, 0.15) is 40.1 Å². The highest BCUT2D eigenvalue weighted by molar-refractivity contribution is 5.21. The van der Waals surface area contributed by atoms with Gasteiger partial charge in [-0.3, -0.25) is 0 Å². The predicted molar refractivity (Wildman–Crippen MR) is 54.3 cm³/mol. The Balaban J connectivity index is 3.72. The normalized spacial score (nSPS) is 20.0. The minimum atomic E-state index is -1.93. The van der Waals surface area contributed by atoms with Crippen molar-refractivity contribution < 1.29 is 8.22 Å². The van der Waals surface area contributed by atoms with Crippen LogP contribution in [0.5, 0.6) is 0 Å². The highest BCUT2D eigenvalue weighted by Crippen LogP contribution is 2.20. The standard InChI is InChI=1S/C12H18/c1-10-5-7-11(8-6-10)9-12(2,3)4/h5-8H,9H2,1-4H3/i5D,6D,7D,8D,9D2. The molecule has 0 heteroatoms. The van der Waals surface area contributed by atoms with Gasteiger partial charge in [-0.2, -0.15) is 0 Å². The SMILES string of the molecule is [2H]c1c([2H])c(C([2H])([2H])C(C)(C)C)c([2H])c([2H])c1C. The molecular weight excluding hydrogens is 144 g/mol. The van der Waals surface area contributed by atoms with Crippen molar-refractivity contribution in [2.75, 3.05) is 0 Å². The van der Waals surface area contributed by atoms with E-state index in [4.69, 9.17) is 8.22 Å². The minimum absolute atomic E-state index is 0.157. The minimum Gasteiger partial charge on any atom is -0.0599 e. The second kappa shape index (κ2) is 3.30. The molecule has 0 aliphatic heterocycles. The first-order chi connectivity index (χ1) is 7.93. The zero-order valence-corrected chi connectivity index (χ0v) is 8.00. The number of benzene rings is 1. The lowest BCUT2D eigenvalue weighted by molar-refractivity contribution is 0.411. The molecule has 0 saturated carbocycles. The third kappa shape index (κ3) is 3.08. The monoisotopic (exact) mass is 168 g/mol. The molecule has 0 amide bonds. The molecule has 0 saturated heterocycles. The van der Waals surface area contributed by atoms with E-state index in [-0.39, 0.29) is 35.3 Å². The highest BCUT2D eigenvalue weighted by Gasteiger charge is 2.10. The van der Waals surface area contributed by atoms with Crippen molar-refractivity contribution >= 4 is 0 Å². The number of hydrogen-bond donors (Lipinski definition) is 0. The van der Waals surface area contributed by atoms with E-state index in [1.807, 2.05) is 0 Å². The molecule has 1 aromatic rings. The molecular formula is C12H18. The van der Waals surface area contributed by atoms with E-state index in [9.17, 15) is 0 Å². The molecule has 0 bridgehead atoms. The van der Waals surface area contributed by atoms with Gasteiger partial charge >= 0.3 is 0 Å². The molecule has 12 heavy (non-hydrogen) atoms. The van der Waals surface area contributed by atoms with Crippen molar-refractivity contribution in [1.82, 2.24) is 0 Å². The van der Waals surface area contributed by atoms with Gasteiger partial charge in [0.2, 0.25) is 0 Å². The Morgan fingerprint density at radius 3 is 2.17 bits per heavy atom. The molecule has 0 nitrogen and oxygen atoms in total. The van der Waals surface area contributed by atoms with E-state index in [2.05, 4.69) is 0 Å². The average molecular weight is 168 g/mol. The third-order valence-corrected chi connectivity index (χ3v) is 1.25. The van der Waals surface area contributed by atoms with Crippen LogP contribution in [0.25, 0.3) is 0 Å². The summed E-state index contributed by atoms with van der Waals surface area (Å²) < 4.78 is 47.5. The molecule has 0 aliphatic rings. The van der Waals surface area contributed by atoms with Crippen molar-refractivity contribution in [2.24, 2.45) is 5.41 Å². The Hall–Kier alpha value is -0.780. The summed E-state index contributed by atoms with van der Waals surface area (Å²) in [6.45, 7) is 6.55. The van der Waals surface area contributed by atoms with Crippen molar-refractivity contribution in [3.8, 4) is 0 Å². The molecule has 1 rings (SSSR count). The lowest BCUT2D eigenvalue weighted by Gasteiger charge is -2.17. The van der Waals surface area contributed by atoms with Crippen molar-refractivity contribution in [2.45, 2.75) is 34.1 Å². The lowest BCUT2D eigenvalue weighted by Crippen LogP contribution is -2.08. The van der Waals surface area contributed by atoms with Gasteiger partial charge in [-0.15, -0.1) is 0 Å². The second-order valence-corrected chi connectivity index (χ2v) is 3.88. The maximum Gasteiger partial charge on any atom is 0.0626 e. The van der Waals surface area contributed by atoms with Crippen LogP contribution in [-0.2, 0) is 6.37 Å². The molecule has 0 atom stereocenters. The topological polar surface area (TPSA) is 0 Å². The molecule has 0 fully saturated rings. The molecule has 0 aromatic heterocycles. The van der Waals surface area contributed by atoms with E-state index in [1.54, 1.807) is 20.8 Å². The van der Waals surface area contributed by atoms with Crippen LogP contribution in [0.15, 0.2) is 24.2 Å². The van der Waals surface area contributed by atoms with Gasteiger partial charge < -0.3 is 0 Å². The molecule has 66 valence electrons. The van der Waals surface area contributed by atoms with Crippen LogP contribution < -0.4 is 0 Å². The summed E-state index contributed by atoms with van der Waals surface area (Å²) in [5.74, 6) is 0. The largest absolute Gasteiger partial charge is 0.0626 e. The summed E-state index contributed by atoms with van der Waals surface area (Å²) in [5.41, 5.74) is -0.721. The van der Waals surface area contributed by atoms with Crippen molar-refractivity contribution in [1.29, 1.82) is 0 Å². The van der Waals surface area contributed by atoms with Crippen LogP contribution in [0, 0.1) is 12.3 Å². The van der Waals surface area contributed by atoms with Crippen molar-refractivity contribution in [3.63, 3.8) is 0 Å².